The zero-order chi connectivity index (χ0) is 12.6. The maximum atomic E-state index is 4.62. The normalized spacial score (nSPS) is 11.6. The first kappa shape index (κ1) is 15.2. The number of benzene rings is 1. The second-order valence-electron chi connectivity index (χ2n) is 4.03. The average molecular weight is 237 g/mol. The molecule has 1 unspecified atom stereocenters. The molecule has 0 N–H and O–H groups in total. The average Bonchev–Trinajstić information content (AvgIpc) is 2.32. The molecule has 0 fully saturated rings. The third kappa shape index (κ3) is 4.84. The predicted octanol–water partition coefficient (Wildman–Crippen LogP) is 4.67. The Labute approximate surface area is 105 Å². The molecule has 0 aliphatic rings. The van der Waals surface area contributed by atoms with Gasteiger partial charge in [0, 0.05) is 18.3 Å². The van der Waals surface area contributed by atoms with Crippen molar-refractivity contribution in [1.29, 1.82) is 0 Å². The van der Waals surface area contributed by atoms with Crippen LogP contribution in [0, 0.1) is 0 Å². The predicted molar refractivity (Wildman–Crippen MR) is 75.0 cm³/mol. The molecule has 0 aromatic heterocycles. The summed E-state index contributed by atoms with van der Waals surface area (Å²) in [6, 6.07) is 8.75. The van der Waals surface area contributed by atoms with Crippen LogP contribution in [0.5, 0.6) is 0 Å². The number of nitrogens with zero attached hydrogens (tertiary/aromatic N) is 1. The lowest BCUT2D eigenvalue weighted by Crippen LogP contribution is -1.97. The van der Waals surface area contributed by atoms with Gasteiger partial charge in [0.25, 0.3) is 0 Å². The summed E-state index contributed by atoms with van der Waals surface area (Å²) in [5.74, 6) is 1.04. The maximum Gasteiger partial charge on any atom is 0.0587 e. The summed E-state index contributed by atoms with van der Waals surface area (Å²) in [7, 11) is 0. The molecule has 1 rings (SSSR count). The van der Waals surface area contributed by atoms with Crippen LogP contribution in [-0.4, -0.2) is 6.54 Å². The van der Waals surface area contributed by atoms with Crippen molar-refractivity contribution in [2.75, 3.05) is 6.54 Å². The summed E-state index contributed by atoms with van der Waals surface area (Å²) in [6.07, 6.45) is 0. The van der Waals surface area contributed by atoms with Gasteiger partial charge in [-0.3, -0.25) is 0 Å². The molecule has 0 radical (unpaired) electrons. The van der Waals surface area contributed by atoms with Crippen molar-refractivity contribution in [2.45, 2.75) is 46.5 Å². The Morgan fingerprint density at radius 3 is 1.81 bits per heavy atom. The smallest absolute Gasteiger partial charge is 0.0587 e. The van der Waals surface area contributed by atoms with Gasteiger partial charge in [-0.15, -0.1) is 0 Å². The Kier molecular flexibility index (Phi) is 8.00. The topological polar surface area (TPSA) is 12.4 Å². The second kappa shape index (κ2) is 8.40. The van der Waals surface area contributed by atoms with Crippen LogP contribution in [0.1, 0.15) is 57.6 Å². The minimum absolute atomic E-state index is 0.439. The zero-order valence-corrected chi connectivity index (χ0v) is 11.8. The van der Waals surface area contributed by atoms with Crippen molar-refractivity contribution in [1.82, 2.24) is 0 Å². The largest absolute Gasteiger partial charge is 0.219 e. The lowest BCUT2D eigenvalue weighted by Gasteiger charge is -2.10. The van der Waals surface area contributed by atoms with Crippen molar-refractivity contribution >= 4 is 12.4 Å². The highest BCUT2D eigenvalue weighted by molar-refractivity contribution is 7.47. The van der Waals surface area contributed by atoms with Gasteiger partial charge >= 0.3 is 0 Å². The van der Waals surface area contributed by atoms with Crippen LogP contribution in [0.2, 0.25) is 0 Å². The molecule has 0 spiro atoms. The Morgan fingerprint density at radius 2 is 1.44 bits per heavy atom. The molecule has 1 aromatic rings. The van der Waals surface area contributed by atoms with E-state index in [0.29, 0.717) is 11.8 Å². The van der Waals surface area contributed by atoms with Crippen LogP contribution in [0.25, 0.3) is 0 Å². The van der Waals surface area contributed by atoms with E-state index in [1.165, 1.54) is 11.1 Å². The van der Waals surface area contributed by atoms with Gasteiger partial charge in [0.1, 0.15) is 0 Å². The Hall–Kier alpha value is -0.760. The van der Waals surface area contributed by atoms with E-state index in [1.54, 1.807) is 0 Å². The Balaban J connectivity index is 0.00000106. The maximum absolute atomic E-state index is 4.62. The molecular formula is C14H23NS. The van der Waals surface area contributed by atoms with E-state index in [-0.39, 0.29) is 0 Å². The van der Waals surface area contributed by atoms with Crippen LogP contribution >= 0.6 is 0 Å². The summed E-state index contributed by atoms with van der Waals surface area (Å²) in [4.78, 5) is 0. The van der Waals surface area contributed by atoms with Gasteiger partial charge in [0.2, 0.25) is 0 Å². The van der Waals surface area contributed by atoms with Crippen molar-refractivity contribution in [3.8, 4) is 0 Å². The first-order valence-corrected chi connectivity index (χ1v) is 6.40. The molecule has 0 bridgehead atoms. The summed E-state index contributed by atoms with van der Waals surface area (Å²) >= 11 is 4.62. The van der Waals surface area contributed by atoms with Crippen molar-refractivity contribution in [3.63, 3.8) is 0 Å². The molecule has 1 aromatic carbocycles. The summed E-state index contributed by atoms with van der Waals surface area (Å²) < 4.78 is 3.75. The van der Waals surface area contributed by atoms with E-state index >= 15 is 0 Å². The molecule has 1 nitrogen and oxygen atoms in total. The zero-order valence-electron chi connectivity index (χ0n) is 11.0. The van der Waals surface area contributed by atoms with E-state index in [9.17, 15) is 0 Å². The number of hydrogen-bond donors (Lipinski definition) is 0. The van der Waals surface area contributed by atoms with Gasteiger partial charge in [0.05, 0.1) is 6.54 Å². The van der Waals surface area contributed by atoms with Crippen LogP contribution in [0.15, 0.2) is 28.6 Å². The fourth-order valence-electron chi connectivity index (χ4n) is 1.43. The molecular weight excluding hydrogens is 214 g/mol. The Bertz CT molecular complexity index is 290. The van der Waals surface area contributed by atoms with Crippen molar-refractivity contribution in [3.05, 3.63) is 35.4 Å². The highest BCUT2D eigenvalue weighted by Gasteiger charge is 2.05. The van der Waals surface area contributed by atoms with Gasteiger partial charge in [-0.25, -0.2) is 4.36 Å². The molecule has 0 aliphatic carbocycles. The van der Waals surface area contributed by atoms with Gasteiger partial charge in [-0.1, -0.05) is 58.9 Å². The van der Waals surface area contributed by atoms with E-state index in [1.807, 2.05) is 13.8 Å². The van der Waals surface area contributed by atoms with E-state index < -0.39 is 0 Å². The van der Waals surface area contributed by atoms with E-state index in [4.69, 9.17) is 0 Å². The van der Waals surface area contributed by atoms with Crippen LogP contribution < -0.4 is 0 Å². The third-order valence-corrected chi connectivity index (χ3v) is 2.67. The van der Waals surface area contributed by atoms with Gasteiger partial charge in [-0.2, -0.15) is 0 Å². The van der Waals surface area contributed by atoms with E-state index in [0.717, 1.165) is 6.54 Å². The molecule has 0 heterocycles. The third-order valence-electron chi connectivity index (χ3n) is 2.52. The summed E-state index contributed by atoms with van der Waals surface area (Å²) in [5, 5.41) is 0. The fourth-order valence-corrected chi connectivity index (χ4v) is 1.65. The minimum atomic E-state index is 0.439. The standard InChI is InChI=1S/C12H17NS.C2H6/c1-9(2)11-4-6-12(7-5-11)10(3)8-13-14;1-2/h4-7,9-10H,8H2,1-3H3;1-2H3. The summed E-state index contributed by atoms with van der Waals surface area (Å²) in [6.45, 7) is 11.3. The van der Waals surface area contributed by atoms with Crippen LogP contribution in [-0.2, 0) is 12.4 Å². The molecule has 2 heteroatoms. The molecule has 0 aliphatic heterocycles. The minimum Gasteiger partial charge on any atom is -0.219 e. The summed E-state index contributed by atoms with van der Waals surface area (Å²) in [5.41, 5.74) is 2.71. The molecule has 0 saturated heterocycles. The van der Waals surface area contributed by atoms with Crippen LogP contribution in [0.4, 0.5) is 0 Å². The highest BCUT2D eigenvalue weighted by Crippen LogP contribution is 2.19. The molecule has 16 heavy (non-hydrogen) atoms. The van der Waals surface area contributed by atoms with Crippen molar-refractivity contribution in [2.24, 2.45) is 4.36 Å². The molecule has 0 saturated carbocycles. The SMILES string of the molecule is CC.CC(C)c1ccc(C(C)CN=S)cc1. The van der Waals surface area contributed by atoms with Gasteiger partial charge in [0.15, 0.2) is 0 Å². The molecule has 0 amide bonds. The monoisotopic (exact) mass is 237 g/mol. The van der Waals surface area contributed by atoms with Gasteiger partial charge in [-0.05, 0) is 17.0 Å². The quantitative estimate of drug-likeness (QED) is 0.741. The van der Waals surface area contributed by atoms with E-state index in [2.05, 4.69) is 61.8 Å². The van der Waals surface area contributed by atoms with Crippen LogP contribution in [0.3, 0.4) is 0 Å². The highest BCUT2D eigenvalue weighted by atomic mass is 32.1. The number of hydrogen-bond acceptors (Lipinski definition) is 2. The second-order valence-corrected chi connectivity index (χ2v) is 4.29. The fraction of sp³-hybridized carbons (Fsp3) is 0.571. The Morgan fingerprint density at radius 1 is 1.00 bits per heavy atom. The lowest BCUT2D eigenvalue weighted by molar-refractivity contribution is 0.780. The molecule has 90 valence electrons. The lowest BCUT2D eigenvalue weighted by atomic mass is 9.96. The first-order valence-electron chi connectivity index (χ1n) is 6.04. The van der Waals surface area contributed by atoms with Gasteiger partial charge < -0.3 is 0 Å². The first-order chi connectivity index (χ1) is 7.65. The molecule has 1 atom stereocenters. The van der Waals surface area contributed by atoms with Crippen molar-refractivity contribution < 1.29 is 0 Å². The number of rotatable bonds is 4.